The van der Waals surface area contributed by atoms with E-state index in [1.54, 1.807) is 48.5 Å². The van der Waals surface area contributed by atoms with E-state index < -0.39 is 17.7 Å². The van der Waals surface area contributed by atoms with Gasteiger partial charge in [-0.05, 0) is 66.6 Å². The van der Waals surface area contributed by atoms with Crippen LogP contribution >= 0.6 is 22.9 Å². The highest BCUT2D eigenvalue weighted by molar-refractivity contribution is 7.22. The summed E-state index contributed by atoms with van der Waals surface area (Å²) in [5.74, 6) is -0.255. The molecule has 210 valence electrons. The van der Waals surface area contributed by atoms with Crippen molar-refractivity contribution >= 4 is 55.7 Å². The van der Waals surface area contributed by atoms with Gasteiger partial charge in [-0.1, -0.05) is 22.9 Å². The summed E-state index contributed by atoms with van der Waals surface area (Å²) in [7, 11) is 4.43. The van der Waals surface area contributed by atoms with E-state index in [2.05, 4.69) is 4.98 Å². The predicted octanol–water partition coefficient (Wildman–Crippen LogP) is 5.93. The molecule has 0 bridgehead atoms. The molecule has 41 heavy (non-hydrogen) atoms. The molecule has 2 aliphatic rings. The number of hydrogen-bond acceptors (Lipinski definition) is 9. The maximum Gasteiger partial charge on any atom is 0.301 e. The zero-order valence-electron chi connectivity index (χ0n) is 22.6. The monoisotopic (exact) mass is 592 g/mol. The van der Waals surface area contributed by atoms with Crippen LogP contribution in [-0.4, -0.2) is 49.2 Å². The molecule has 0 radical (unpaired) electrons. The third-order valence-electron chi connectivity index (χ3n) is 7.16. The van der Waals surface area contributed by atoms with Crippen LogP contribution in [0.15, 0.2) is 54.1 Å². The molecule has 2 unspecified atom stereocenters. The van der Waals surface area contributed by atoms with Crippen molar-refractivity contribution in [3.05, 3.63) is 75.8 Å². The number of aliphatic hydroxyl groups excluding tert-OH is 1. The molecule has 2 atom stereocenters. The molecule has 1 N–H and O–H groups in total. The quantitative estimate of drug-likeness (QED) is 0.167. The van der Waals surface area contributed by atoms with E-state index >= 15 is 0 Å². The third-order valence-corrected chi connectivity index (χ3v) is 8.41. The number of hydrogen-bond donors (Lipinski definition) is 1. The molecule has 1 aromatic heterocycles. The number of Topliss-reactive ketones (excluding diaryl/α,β-unsaturated/α-hetero) is 1. The van der Waals surface area contributed by atoms with Gasteiger partial charge < -0.3 is 24.1 Å². The largest absolute Gasteiger partial charge is 0.507 e. The first-order valence-electron chi connectivity index (χ1n) is 12.7. The maximum atomic E-state index is 13.7. The van der Waals surface area contributed by atoms with Crippen molar-refractivity contribution in [2.45, 2.75) is 25.5 Å². The molecule has 11 heteroatoms. The van der Waals surface area contributed by atoms with Crippen molar-refractivity contribution in [2.75, 3.05) is 26.2 Å². The fraction of sp³-hybridized carbons (Fsp3) is 0.233. The number of halogens is 1. The summed E-state index contributed by atoms with van der Waals surface area (Å²) in [5.41, 5.74) is 2.29. The number of carbonyl (C=O) groups excluding carboxylic acids is 2. The first-order chi connectivity index (χ1) is 19.7. The Balaban J connectivity index is 1.59. The van der Waals surface area contributed by atoms with Crippen LogP contribution < -0.4 is 23.8 Å². The van der Waals surface area contributed by atoms with Crippen LogP contribution in [0.5, 0.6) is 23.0 Å². The van der Waals surface area contributed by atoms with Crippen molar-refractivity contribution in [2.24, 2.45) is 0 Å². The van der Waals surface area contributed by atoms with E-state index in [0.717, 1.165) is 16.0 Å². The molecule has 1 fully saturated rings. The van der Waals surface area contributed by atoms with E-state index in [4.69, 9.17) is 30.5 Å². The van der Waals surface area contributed by atoms with E-state index in [-0.39, 0.29) is 22.6 Å². The lowest BCUT2D eigenvalue weighted by molar-refractivity contribution is -0.132. The molecule has 6 rings (SSSR count). The summed E-state index contributed by atoms with van der Waals surface area (Å²) in [6.07, 6.45) is 0.662. The Morgan fingerprint density at radius 3 is 2.46 bits per heavy atom. The lowest BCUT2D eigenvalue weighted by Crippen LogP contribution is -2.29. The number of fused-ring (bicyclic) bond motifs is 2. The minimum Gasteiger partial charge on any atom is -0.507 e. The average Bonchev–Trinajstić information content (AvgIpc) is 3.63. The number of aliphatic hydroxyl groups is 1. The molecule has 9 nitrogen and oxygen atoms in total. The second-order valence-corrected chi connectivity index (χ2v) is 11.1. The highest BCUT2D eigenvalue weighted by atomic mass is 35.5. The van der Waals surface area contributed by atoms with Gasteiger partial charge in [0.2, 0.25) is 5.75 Å². The van der Waals surface area contributed by atoms with Crippen LogP contribution in [-0.2, 0) is 16.0 Å². The second kappa shape index (κ2) is 10.3. The number of ketones is 1. The Labute approximate surface area is 244 Å². The van der Waals surface area contributed by atoms with E-state index in [1.807, 2.05) is 6.92 Å². The number of carbonyl (C=O) groups is 2. The fourth-order valence-electron chi connectivity index (χ4n) is 5.32. The molecule has 4 aromatic rings. The first kappa shape index (κ1) is 26.9. The van der Waals surface area contributed by atoms with Crippen LogP contribution in [0.4, 0.5) is 5.13 Å². The van der Waals surface area contributed by atoms with Gasteiger partial charge in [-0.15, -0.1) is 0 Å². The highest BCUT2D eigenvalue weighted by Gasteiger charge is 2.48. The number of ether oxygens (including phenoxy) is 4. The van der Waals surface area contributed by atoms with Gasteiger partial charge >= 0.3 is 5.91 Å². The summed E-state index contributed by atoms with van der Waals surface area (Å²) in [5, 5.41) is 12.4. The van der Waals surface area contributed by atoms with E-state index in [9.17, 15) is 14.7 Å². The number of methoxy groups -OCH3 is 3. The van der Waals surface area contributed by atoms with E-state index in [0.29, 0.717) is 45.3 Å². The minimum absolute atomic E-state index is 0.000237. The average molecular weight is 593 g/mol. The lowest BCUT2D eigenvalue weighted by atomic mass is 9.94. The molecule has 0 aliphatic carbocycles. The first-order valence-corrected chi connectivity index (χ1v) is 13.9. The van der Waals surface area contributed by atoms with Gasteiger partial charge in [0, 0.05) is 17.0 Å². The van der Waals surface area contributed by atoms with Gasteiger partial charge in [-0.25, -0.2) is 4.98 Å². The summed E-state index contributed by atoms with van der Waals surface area (Å²) in [6, 6.07) is 12.7. The molecule has 3 heterocycles. The predicted molar refractivity (Wildman–Crippen MR) is 156 cm³/mol. The molecular formula is C30H25ClN2O7S. The van der Waals surface area contributed by atoms with Crippen molar-refractivity contribution in [1.82, 2.24) is 4.98 Å². The van der Waals surface area contributed by atoms with Crippen molar-refractivity contribution in [1.29, 1.82) is 0 Å². The van der Waals surface area contributed by atoms with Crippen molar-refractivity contribution in [3.8, 4) is 23.0 Å². The molecule has 3 aromatic carbocycles. The van der Waals surface area contributed by atoms with Crippen molar-refractivity contribution < 1.29 is 33.6 Å². The standard InChI is InChI=1S/C30H25ClN2O7S/c1-14-9-16-10-15(5-8-20(16)40-14)26(34)24-25(17-11-21(37-2)28(39-4)22(12-17)38-3)33(29(36)27(24)35)30-32-19-7-6-18(31)13-23(19)41-30/h5-8,10-14,25,34H,9H2,1-4H3/b26-24+. The molecule has 2 aliphatic heterocycles. The SMILES string of the molecule is COc1cc(C2/C(=C(\O)c3ccc4c(c3)CC(C)O4)C(=O)C(=O)N2c2nc3ccc(Cl)cc3s2)cc(OC)c1OC. The maximum absolute atomic E-state index is 13.7. The Morgan fingerprint density at radius 1 is 1.05 bits per heavy atom. The molecule has 0 spiro atoms. The number of benzene rings is 3. The summed E-state index contributed by atoms with van der Waals surface area (Å²) in [4.78, 5) is 33.4. The van der Waals surface area contributed by atoms with E-state index in [1.165, 1.54) is 37.6 Å². The smallest absolute Gasteiger partial charge is 0.301 e. The van der Waals surface area contributed by atoms with Crippen LogP contribution in [0.2, 0.25) is 5.02 Å². The number of anilines is 1. The van der Waals surface area contributed by atoms with Gasteiger partial charge in [0.25, 0.3) is 5.78 Å². The van der Waals surface area contributed by atoms with Gasteiger partial charge in [0.15, 0.2) is 16.6 Å². The molecule has 1 amide bonds. The zero-order chi connectivity index (χ0) is 29.0. The highest BCUT2D eigenvalue weighted by Crippen LogP contribution is 2.48. The van der Waals surface area contributed by atoms with Crippen LogP contribution in [0.25, 0.3) is 16.0 Å². The van der Waals surface area contributed by atoms with Gasteiger partial charge in [-0.2, -0.15) is 0 Å². The summed E-state index contributed by atoms with van der Waals surface area (Å²) < 4.78 is 23.1. The van der Waals surface area contributed by atoms with Crippen LogP contribution in [0.1, 0.15) is 29.7 Å². The van der Waals surface area contributed by atoms with Gasteiger partial charge in [-0.3, -0.25) is 14.5 Å². The number of nitrogens with zero attached hydrogens (tertiary/aromatic N) is 2. The molecular weight excluding hydrogens is 568 g/mol. The minimum atomic E-state index is -1.05. The fourth-order valence-corrected chi connectivity index (χ4v) is 6.59. The Kier molecular flexibility index (Phi) is 6.75. The number of amides is 1. The summed E-state index contributed by atoms with van der Waals surface area (Å²) >= 11 is 7.41. The topological polar surface area (TPSA) is 107 Å². The third kappa shape index (κ3) is 4.43. The number of thiazole rings is 1. The normalized spacial score (nSPS) is 19.4. The lowest BCUT2D eigenvalue weighted by Gasteiger charge is -2.24. The van der Waals surface area contributed by atoms with Gasteiger partial charge in [0.1, 0.15) is 17.6 Å². The Hall–Kier alpha value is -4.28. The molecule has 1 saturated heterocycles. The molecule has 0 saturated carbocycles. The van der Waals surface area contributed by atoms with Crippen LogP contribution in [0, 0.1) is 0 Å². The number of aromatic nitrogens is 1. The zero-order valence-corrected chi connectivity index (χ0v) is 24.1. The van der Waals surface area contributed by atoms with Crippen molar-refractivity contribution in [3.63, 3.8) is 0 Å². The summed E-state index contributed by atoms with van der Waals surface area (Å²) in [6.45, 7) is 1.96. The second-order valence-electron chi connectivity index (χ2n) is 9.69. The Morgan fingerprint density at radius 2 is 1.78 bits per heavy atom. The van der Waals surface area contributed by atoms with Gasteiger partial charge in [0.05, 0.1) is 43.2 Å². The van der Waals surface area contributed by atoms with Crippen LogP contribution in [0.3, 0.4) is 0 Å². The Bertz CT molecular complexity index is 1740. The number of rotatable bonds is 6.